The number of hydrogen-bond donors (Lipinski definition) is 1. The fraction of sp³-hybridized carbons (Fsp3) is 0.310. The lowest BCUT2D eigenvalue weighted by atomic mass is 10.0. The first-order valence-corrected chi connectivity index (χ1v) is 12.0. The molecule has 0 aliphatic rings. The van der Waals surface area contributed by atoms with E-state index in [0.717, 1.165) is 16.7 Å². The molecule has 1 N–H and O–H groups in total. The molecule has 0 saturated carbocycles. The molecule has 3 aromatic rings. The number of carbonyl (C=O) groups excluding carboxylic acids is 2. The van der Waals surface area contributed by atoms with Gasteiger partial charge in [0.25, 0.3) is 5.91 Å². The Kier molecular flexibility index (Phi) is 9.74. The van der Waals surface area contributed by atoms with Crippen molar-refractivity contribution in [2.75, 3.05) is 27.4 Å². The average Bonchev–Trinajstić information content (AvgIpc) is 2.89. The molecule has 0 aliphatic heterocycles. The minimum Gasteiger partial charge on any atom is -0.496 e. The van der Waals surface area contributed by atoms with Crippen LogP contribution in [0.15, 0.2) is 72.8 Å². The summed E-state index contributed by atoms with van der Waals surface area (Å²) in [6.45, 7) is 4.37. The highest BCUT2D eigenvalue weighted by Crippen LogP contribution is 2.27. The molecular formula is C29H34N2O5. The first-order chi connectivity index (χ1) is 17.4. The Morgan fingerprint density at radius 3 is 2.11 bits per heavy atom. The normalized spacial score (nSPS) is 11.3. The van der Waals surface area contributed by atoms with E-state index in [2.05, 4.69) is 5.32 Å². The number of rotatable bonds is 12. The molecule has 190 valence electrons. The summed E-state index contributed by atoms with van der Waals surface area (Å²) < 4.78 is 16.4. The summed E-state index contributed by atoms with van der Waals surface area (Å²) in [7, 11) is 3.10. The number of carbonyl (C=O) groups is 2. The lowest BCUT2D eigenvalue weighted by Gasteiger charge is -2.31. The van der Waals surface area contributed by atoms with Crippen molar-refractivity contribution in [3.8, 4) is 17.2 Å². The molecule has 7 nitrogen and oxygen atoms in total. The number of nitrogens with one attached hydrogen (secondary N) is 1. The van der Waals surface area contributed by atoms with Crippen LogP contribution in [0.3, 0.4) is 0 Å². The number of nitrogens with zero attached hydrogens (tertiary/aromatic N) is 1. The molecule has 0 heterocycles. The molecular weight excluding hydrogens is 456 g/mol. The monoisotopic (exact) mass is 490 g/mol. The number of amides is 2. The molecule has 36 heavy (non-hydrogen) atoms. The molecule has 1 unspecified atom stereocenters. The van der Waals surface area contributed by atoms with Crippen molar-refractivity contribution in [3.63, 3.8) is 0 Å². The molecule has 1 atom stereocenters. The third-order valence-electron chi connectivity index (χ3n) is 5.74. The summed E-state index contributed by atoms with van der Waals surface area (Å²) in [5.74, 6) is 1.04. The van der Waals surface area contributed by atoms with Gasteiger partial charge < -0.3 is 24.4 Å². The third kappa shape index (κ3) is 7.50. The maximum Gasteiger partial charge on any atom is 0.261 e. The second-order valence-corrected chi connectivity index (χ2v) is 8.45. The van der Waals surface area contributed by atoms with E-state index in [4.69, 9.17) is 14.2 Å². The van der Waals surface area contributed by atoms with E-state index >= 15 is 0 Å². The van der Waals surface area contributed by atoms with Crippen LogP contribution >= 0.6 is 0 Å². The van der Waals surface area contributed by atoms with E-state index in [9.17, 15) is 9.59 Å². The van der Waals surface area contributed by atoms with Crippen molar-refractivity contribution >= 4 is 11.8 Å². The molecule has 7 heteroatoms. The van der Waals surface area contributed by atoms with Gasteiger partial charge in [-0.05, 0) is 25.0 Å². The van der Waals surface area contributed by atoms with Crippen LogP contribution in [-0.2, 0) is 22.6 Å². The van der Waals surface area contributed by atoms with Gasteiger partial charge in [-0.25, -0.2) is 0 Å². The van der Waals surface area contributed by atoms with E-state index in [1.165, 1.54) is 0 Å². The van der Waals surface area contributed by atoms with E-state index < -0.39 is 6.04 Å². The standard InChI is InChI=1S/C29H34N2O5/c1-5-30-29(33)27(15-22-11-7-6-8-12-22)31(19-23-13-9-10-21(2)14-23)28(32)20-36-26-17-24(34-3)16-25(18-26)35-4/h6-14,16-18,27H,5,15,19-20H2,1-4H3,(H,30,33). The Morgan fingerprint density at radius 2 is 1.50 bits per heavy atom. The van der Waals surface area contributed by atoms with Crippen molar-refractivity contribution in [2.45, 2.75) is 32.9 Å². The molecule has 0 spiro atoms. The van der Waals surface area contributed by atoms with Crippen molar-refractivity contribution in [2.24, 2.45) is 0 Å². The van der Waals surface area contributed by atoms with Crippen molar-refractivity contribution in [1.29, 1.82) is 0 Å². The number of likely N-dealkylation sites (N-methyl/N-ethyl adjacent to an activating group) is 1. The predicted octanol–water partition coefficient (Wildman–Crippen LogP) is 4.17. The van der Waals surface area contributed by atoms with Crippen LogP contribution in [0.1, 0.15) is 23.6 Å². The largest absolute Gasteiger partial charge is 0.496 e. The van der Waals surface area contributed by atoms with Gasteiger partial charge in [-0.1, -0.05) is 60.2 Å². The average molecular weight is 491 g/mol. The summed E-state index contributed by atoms with van der Waals surface area (Å²) in [6.07, 6.45) is 0.386. The predicted molar refractivity (Wildman–Crippen MR) is 139 cm³/mol. The highest BCUT2D eigenvalue weighted by Gasteiger charge is 2.30. The van der Waals surface area contributed by atoms with Gasteiger partial charge in [-0.2, -0.15) is 0 Å². The van der Waals surface area contributed by atoms with Crippen LogP contribution in [0, 0.1) is 6.92 Å². The fourth-order valence-electron chi connectivity index (χ4n) is 3.95. The summed E-state index contributed by atoms with van der Waals surface area (Å²) in [4.78, 5) is 28.4. The minimum atomic E-state index is -0.705. The fourth-order valence-corrected chi connectivity index (χ4v) is 3.95. The van der Waals surface area contributed by atoms with Gasteiger partial charge in [0.05, 0.1) is 14.2 Å². The second kappa shape index (κ2) is 13.2. The molecule has 0 radical (unpaired) electrons. The van der Waals surface area contributed by atoms with Crippen molar-refractivity contribution < 1.29 is 23.8 Å². The number of ether oxygens (including phenoxy) is 3. The Labute approximate surface area is 213 Å². The Hall–Kier alpha value is -4.00. The topological polar surface area (TPSA) is 77.1 Å². The number of methoxy groups -OCH3 is 2. The summed E-state index contributed by atoms with van der Waals surface area (Å²) in [5, 5.41) is 2.90. The Morgan fingerprint density at radius 1 is 0.861 bits per heavy atom. The molecule has 3 aromatic carbocycles. The molecule has 0 saturated heterocycles. The SMILES string of the molecule is CCNC(=O)C(Cc1ccccc1)N(Cc1cccc(C)c1)C(=O)COc1cc(OC)cc(OC)c1. The molecule has 0 aliphatic carbocycles. The highest BCUT2D eigenvalue weighted by molar-refractivity contribution is 5.88. The van der Waals surface area contributed by atoms with Crippen LogP contribution in [0.5, 0.6) is 17.2 Å². The molecule has 2 amide bonds. The maximum absolute atomic E-state index is 13.6. The first-order valence-electron chi connectivity index (χ1n) is 12.0. The van der Waals surface area contributed by atoms with Crippen molar-refractivity contribution in [3.05, 3.63) is 89.5 Å². The zero-order valence-corrected chi connectivity index (χ0v) is 21.3. The summed E-state index contributed by atoms with van der Waals surface area (Å²) in [5.41, 5.74) is 2.99. The minimum absolute atomic E-state index is 0.203. The maximum atomic E-state index is 13.6. The molecule has 3 rings (SSSR count). The highest BCUT2D eigenvalue weighted by atomic mass is 16.5. The van der Waals surface area contributed by atoms with Gasteiger partial charge in [-0.3, -0.25) is 9.59 Å². The molecule has 0 fully saturated rings. The Bertz CT molecular complexity index is 1130. The van der Waals surface area contributed by atoms with Gasteiger partial charge in [0.2, 0.25) is 5.91 Å². The molecule has 0 bridgehead atoms. The van der Waals surface area contributed by atoms with E-state index in [-0.39, 0.29) is 25.0 Å². The lowest BCUT2D eigenvalue weighted by molar-refractivity contribution is -0.142. The van der Waals surface area contributed by atoms with E-state index in [0.29, 0.717) is 30.2 Å². The van der Waals surface area contributed by atoms with E-state index in [1.54, 1.807) is 37.3 Å². The lowest BCUT2D eigenvalue weighted by Crippen LogP contribution is -2.51. The molecule has 0 aromatic heterocycles. The Balaban J connectivity index is 1.90. The number of hydrogen-bond acceptors (Lipinski definition) is 5. The van der Waals surface area contributed by atoms with E-state index in [1.807, 2.05) is 68.4 Å². The van der Waals surface area contributed by atoms with Crippen LogP contribution in [-0.4, -0.2) is 50.1 Å². The van der Waals surface area contributed by atoms with Gasteiger partial charge >= 0.3 is 0 Å². The number of aryl methyl sites for hydroxylation is 1. The number of benzene rings is 3. The van der Waals surface area contributed by atoms with Gasteiger partial charge in [0, 0.05) is 37.7 Å². The zero-order chi connectivity index (χ0) is 25.9. The summed E-state index contributed by atoms with van der Waals surface area (Å²) >= 11 is 0. The third-order valence-corrected chi connectivity index (χ3v) is 5.74. The van der Waals surface area contributed by atoms with Crippen LogP contribution in [0.2, 0.25) is 0 Å². The van der Waals surface area contributed by atoms with Crippen molar-refractivity contribution in [1.82, 2.24) is 10.2 Å². The quantitative estimate of drug-likeness (QED) is 0.412. The zero-order valence-electron chi connectivity index (χ0n) is 21.3. The van der Waals surface area contributed by atoms with Crippen LogP contribution in [0.25, 0.3) is 0 Å². The van der Waals surface area contributed by atoms with Gasteiger partial charge in [0.15, 0.2) is 6.61 Å². The smallest absolute Gasteiger partial charge is 0.261 e. The second-order valence-electron chi connectivity index (χ2n) is 8.45. The van der Waals surface area contributed by atoms with Crippen LogP contribution < -0.4 is 19.5 Å². The summed E-state index contributed by atoms with van der Waals surface area (Å²) in [6, 6.07) is 22.0. The van der Waals surface area contributed by atoms with Crippen LogP contribution in [0.4, 0.5) is 0 Å². The van der Waals surface area contributed by atoms with Gasteiger partial charge in [0.1, 0.15) is 23.3 Å². The van der Waals surface area contributed by atoms with Gasteiger partial charge in [-0.15, -0.1) is 0 Å². The first kappa shape index (κ1) is 26.6.